The smallest absolute Gasteiger partial charge is 0.207 e. The molecular weight excluding hydrogens is 270 g/mol. The van der Waals surface area contributed by atoms with Gasteiger partial charge in [-0.1, -0.05) is 30.5 Å². The van der Waals surface area contributed by atoms with Crippen LogP contribution in [0.5, 0.6) is 0 Å². The van der Waals surface area contributed by atoms with E-state index in [0.717, 1.165) is 24.8 Å². The molecule has 1 saturated carbocycles. The molecule has 1 saturated heterocycles. The lowest BCUT2D eigenvalue weighted by atomic mass is 9.75. The Hall–Kier alpha value is -0.870. The van der Waals surface area contributed by atoms with Crippen molar-refractivity contribution in [1.82, 2.24) is 4.31 Å². The van der Waals surface area contributed by atoms with Gasteiger partial charge in [0.25, 0.3) is 0 Å². The lowest BCUT2D eigenvalue weighted by Gasteiger charge is -2.41. The van der Waals surface area contributed by atoms with E-state index in [1.165, 1.54) is 12.8 Å². The summed E-state index contributed by atoms with van der Waals surface area (Å²) in [5, 5.41) is 0. The third-order valence-electron chi connectivity index (χ3n) is 5.22. The van der Waals surface area contributed by atoms with Crippen molar-refractivity contribution in [1.29, 1.82) is 0 Å². The van der Waals surface area contributed by atoms with Crippen LogP contribution < -0.4 is 0 Å². The molecule has 0 unspecified atom stereocenters. The zero-order chi connectivity index (χ0) is 14.4. The second-order valence-corrected chi connectivity index (χ2v) is 8.34. The Bertz CT molecular complexity index is 593. The normalized spacial score (nSPS) is 31.2. The standard InChI is InChI=1S/C16H23NO2S/c1-13-6-8-15(9-7-13)20(18,19)17-12-10-14-5-3-4-11-16(14,17)2/h6-9,14H,3-5,10-12H2,1-2H3/t14-,16+/m1/s1. The van der Waals surface area contributed by atoms with Crippen LogP contribution in [0.1, 0.15) is 44.6 Å². The minimum atomic E-state index is -3.35. The number of nitrogens with zero attached hydrogens (tertiary/aromatic N) is 1. The summed E-state index contributed by atoms with van der Waals surface area (Å²) in [6.45, 7) is 4.80. The molecule has 0 spiro atoms. The fraction of sp³-hybridized carbons (Fsp3) is 0.625. The average molecular weight is 293 g/mol. The zero-order valence-electron chi connectivity index (χ0n) is 12.3. The highest BCUT2D eigenvalue weighted by Crippen LogP contribution is 2.47. The Kier molecular flexibility index (Phi) is 3.41. The summed E-state index contributed by atoms with van der Waals surface area (Å²) in [5.74, 6) is 0.538. The molecule has 1 aliphatic heterocycles. The van der Waals surface area contributed by atoms with Crippen LogP contribution in [0, 0.1) is 12.8 Å². The molecule has 20 heavy (non-hydrogen) atoms. The van der Waals surface area contributed by atoms with Gasteiger partial charge in [-0.25, -0.2) is 8.42 Å². The molecule has 2 fully saturated rings. The van der Waals surface area contributed by atoms with Crippen LogP contribution in [-0.4, -0.2) is 24.8 Å². The fourth-order valence-electron chi connectivity index (χ4n) is 3.93. The predicted octanol–water partition coefficient (Wildman–Crippen LogP) is 3.34. The number of sulfonamides is 1. The highest BCUT2D eigenvalue weighted by molar-refractivity contribution is 7.89. The summed E-state index contributed by atoms with van der Waals surface area (Å²) in [6.07, 6.45) is 5.59. The van der Waals surface area contributed by atoms with Crippen LogP contribution in [0.25, 0.3) is 0 Å². The summed E-state index contributed by atoms with van der Waals surface area (Å²) < 4.78 is 27.6. The lowest BCUT2D eigenvalue weighted by molar-refractivity contribution is 0.148. The van der Waals surface area contributed by atoms with E-state index in [-0.39, 0.29) is 5.54 Å². The van der Waals surface area contributed by atoms with E-state index in [1.807, 2.05) is 19.1 Å². The molecule has 110 valence electrons. The van der Waals surface area contributed by atoms with Gasteiger partial charge in [0.2, 0.25) is 10.0 Å². The van der Waals surface area contributed by atoms with Crippen LogP contribution >= 0.6 is 0 Å². The van der Waals surface area contributed by atoms with Crippen molar-refractivity contribution in [3.05, 3.63) is 29.8 Å². The Labute approximate surface area is 122 Å². The van der Waals surface area contributed by atoms with E-state index in [2.05, 4.69) is 6.92 Å². The number of hydrogen-bond acceptors (Lipinski definition) is 2. The van der Waals surface area contributed by atoms with Gasteiger partial charge in [0.05, 0.1) is 4.90 Å². The average Bonchev–Trinajstić information content (AvgIpc) is 2.77. The monoisotopic (exact) mass is 293 g/mol. The number of rotatable bonds is 2. The molecule has 0 bridgehead atoms. The Balaban J connectivity index is 1.97. The molecule has 4 heteroatoms. The van der Waals surface area contributed by atoms with Crippen molar-refractivity contribution in [2.24, 2.45) is 5.92 Å². The minimum absolute atomic E-state index is 0.165. The molecule has 2 aliphatic rings. The highest BCUT2D eigenvalue weighted by atomic mass is 32.2. The van der Waals surface area contributed by atoms with Gasteiger partial charge in [0.15, 0.2) is 0 Å². The first-order valence-corrected chi connectivity index (χ1v) is 8.98. The first-order chi connectivity index (χ1) is 9.44. The first-order valence-electron chi connectivity index (χ1n) is 7.54. The molecule has 1 heterocycles. The van der Waals surface area contributed by atoms with E-state index >= 15 is 0 Å². The maximum absolute atomic E-state index is 12.9. The van der Waals surface area contributed by atoms with Gasteiger partial charge < -0.3 is 0 Å². The third-order valence-corrected chi connectivity index (χ3v) is 7.27. The van der Waals surface area contributed by atoms with Gasteiger partial charge in [-0.05, 0) is 51.2 Å². The fourth-order valence-corrected chi connectivity index (χ4v) is 5.80. The Morgan fingerprint density at radius 2 is 1.85 bits per heavy atom. The zero-order valence-corrected chi connectivity index (χ0v) is 13.1. The van der Waals surface area contributed by atoms with Crippen LogP contribution in [0.15, 0.2) is 29.2 Å². The van der Waals surface area contributed by atoms with E-state index < -0.39 is 10.0 Å². The van der Waals surface area contributed by atoms with Crippen molar-refractivity contribution in [2.45, 2.75) is 56.4 Å². The molecule has 0 amide bonds. The van der Waals surface area contributed by atoms with Gasteiger partial charge >= 0.3 is 0 Å². The Morgan fingerprint density at radius 1 is 1.15 bits per heavy atom. The summed E-state index contributed by atoms with van der Waals surface area (Å²) in [7, 11) is -3.35. The van der Waals surface area contributed by atoms with Gasteiger partial charge in [-0.2, -0.15) is 4.31 Å². The predicted molar refractivity (Wildman–Crippen MR) is 80.1 cm³/mol. The van der Waals surface area contributed by atoms with Gasteiger partial charge in [-0.15, -0.1) is 0 Å². The van der Waals surface area contributed by atoms with Crippen LogP contribution in [0.3, 0.4) is 0 Å². The molecule has 0 N–H and O–H groups in total. The largest absolute Gasteiger partial charge is 0.243 e. The maximum atomic E-state index is 12.9. The van der Waals surface area contributed by atoms with Crippen LogP contribution in [0.4, 0.5) is 0 Å². The molecule has 1 aromatic carbocycles. The van der Waals surface area contributed by atoms with Crippen molar-refractivity contribution in [2.75, 3.05) is 6.54 Å². The van der Waals surface area contributed by atoms with Crippen LogP contribution in [-0.2, 0) is 10.0 Å². The van der Waals surface area contributed by atoms with Crippen molar-refractivity contribution < 1.29 is 8.42 Å². The lowest BCUT2D eigenvalue weighted by Crippen LogP contribution is -2.49. The molecule has 3 nitrogen and oxygen atoms in total. The molecular formula is C16H23NO2S. The minimum Gasteiger partial charge on any atom is -0.207 e. The quantitative estimate of drug-likeness (QED) is 0.838. The molecule has 1 aromatic rings. The topological polar surface area (TPSA) is 37.4 Å². The van der Waals surface area contributed by atoms with Crippen molar-refractivity contribution >= 4 is 10.0 Å². The van der Waals surface area contributed by atoms with Gasteiger partial charge in [0.1, 0.15) is 0 Å². The first kappa shape index (κ1) is 14.1. The van der Waals surface area contributed by atoms with E-state index in [1.54, 1.807) is 16.4 Å². The molecule has 3 rings (SSSR count). The number of benzene rings is 1. The number of fused-ring (bicyclic) bond motifs is 1. The van der Waals surface area contributed by atoms with Crippen LogP contribution in [0.2, 0.25) is 0 Å². The third kappa shape index (κ3) is 2.09. The van der Waals surface area contributed by atoms with E-state index in [4.69, 9.17) is 0 Å². The Morgan fingerprint density at radius 3 is 2.55 bits per heavy atom. The second-order valence-electron chi connectivity index (χ2n) is 6.48. The van der Waals surface area contributed by atoms with E-state index in [0.29, 0.717) is 17.4 Å². The van der Waals surface area contributed by atoms with Gasteiger partial charge in [-0.3, -0.25) is 0 Å². The van der Waals surface area contributed by atoms with Crippen molar-refractivity contribution in [3.63, 3.8) is 0 Å². The van der Waals surface area contributed by atoms with Gasteiger partial charge in [0, 0.05) is 12.1 Å². The summed E-state index contributed by atoms with van der Waals surface area (Å²) in [5.41, 5.74) is 0.925. The maximum Gasteiger partial charge on any atom is 0.243 e. The molecule has 1 aliphatic carbocycles. The molecule has 2 atom stereocenters. The van der Waals surface area contributed by atoms with Crippen molar-refractivity contribution in [3.8, 4) is 0 Å². The molecule has 0 radical (unpaired) electrons. The number of hydrogen-bond donors (Lipinski definition) is 0. The second kappa shape index (κ2) is 4.85. The molecule has 0 aromatic heterocycles. The number of aryl methyl sites for hydroxylation is 1. The SMILES string of the molecule is Cc1ccc(S(=O)(=O)N2CC[C@H]3CCCC[C@@]32C)cc1. The summed E-state index contributed by atoms with van der Waals surface area (Å²) in [4.78, 5) is 0.440. The highest BCUT2D eigenvalue weighted by Gasteiger charge is 2.51. The summed E-state index contributed by atoms with van der Waals surface area (Å²) >= 11 is 0. The summed E-state index contributed by atoms with van der Waals surface area (Å²) in [6, 6.07) is 7.24. The van der Waals surface area contributed by atoms with E-state index in [9.17, 15) is 8.42 Å².